The van der Waals surface area contributed by atoms with Gasteiger partial charge in [0.05, 0.1) is 16.6 Å². The third kappa shape index (κ3) is 4.57. The number of rotatable bonds is 5. The largest absolute Gasteiger partial charge is 0.348 e. The Kier molecular flexibility index (Phi) is 5.78. The maximum atomic E-state index is 13.9. The highest BCUT2D eigenvalue weighted by Gasteiger charge is 2.18. The summed E-state index contributed by atoms with van der Waals surface area (Å²) in [5.74, 6) is -0.0151. The molecular formula is C22H25FN4OS. The number of nitrogens with zero attached hydrogens (tertiary/aromatic N) is 1. The van der Waals surface area contributed by atoms with E-state index in [1.807, 2.05) is 18.2 Å². The average molecular weight is 413 g/mol. The standard InChI is InChI=1S/C22H25FN4OS/c1-14-6-8-27(9-7-14)13-16-5-3-2-4-15(16)12-24-21(28)18-10-17(23)11-19-20(18)26-22(29)25-19/h2-5,10-11,14H,6-9,12-13H2,1H3,(H,24,28)(H2,25,26,29). The van der Waals surface area contributed by atoms with E-state index in [0.717, 1.165) is 31.1 Å². The summed E-state index contributed by atoms with van der Waals surface area (Å²) >= 11 is 5.08. The molecule has 4 rings (SSSR count). The zero-order valence-electron chi connectivity index (χ0n) is 16.4. The van der Waals surface area contributed by atoms with E-state index in [9.17, 15) is 9.18 Å². The Balaban J connectivity index is 1.48. The number of fused-ring (bicyclic) bond motifs is 1. The quantitative estimate of drug-likeness (QED) is 0.540. The molecule has 152 valence electrons. The third-order valence-electron chi connectivity index (χ3n) is 5.66. The lowest BCUT2D eigenvalue weighted by molar-refractivity contribution is 0.0951. The summed E-state index contributed by atoms with van der Waals surface area (Å²) in [6.07, 6.45) is 2.46. The van der Waals surface area contributed by atoms with Gasteiger partial charge in [0.15, 0.2) is 4.77 Å². The maximum absolute atomic E-state index is 13.9. The Labute approximate surface area is 174 Å². The van der Waals surface area contributed by atoms with Crippen molar-refractivity contribution in [1.29, 1.82) is 0 Å². The number of nitrogens with one attached hydrogen (secondary N) is 3. The van der Waals surface area contributed by atoms with Crippen LogP contribution in [-0.4, -0.2) is 33.9 Å². The second-order valence-electron chi connectivity index (χ2n) is 7.87. The van der Waals surface area contributed by atoms with E-state index in [1.165, 1.54) is 30.5 Å². The summed E-state index contributed by atoms with van der Waals surface area (Å²) in [6, 6.07) is 10.7. The molecule has 2 heterocycles. The number of halogens is 1. The number of hydrogen-bond acceptors (Lipinski definition) is 3. The first kappa shape index (κ1) is 19.8. The fraction of sp³-hybridized carbons (Fsp3) is 0.364. The first-order valence-electron chi connectivity index (χ1n) is 9.98. The fourth-order valence-corrected chi connectivity index (χ4v) is 4.11. The number of likely N-dealkylation sites (tertiary alicyclic amines) is 1. The molecule has 3 aromatic rings. The van der Waals surface area contributed by atoms with Crippen molar-refractivity contribution < 1.29 is 9.18 Å². The second kappa shape index (κ2) is 8.47. The SMILES string of the molecule is CC1CCN(Cc2ccccc2CNC(=O)c2cc(F)cc3[nH]c(=S)[nH]c23)CC1. The van der Waals surface area contributed by atoms with Crippen LogP contribution in [0, 0.1) is 16.5 Å². The minimum atomic E-state index is -0.479. The Morgan fingerprint density at radius 3 is 2.69 bits per heavy atom. The molecule has 1 amide bonds. The van der Waals surface area contributed by atoms with Gasteiger partial charge < -0.3 is 15.3 Å². The Morgan fingerprint density at radius 1 is 1.21 bits per heavy atom. The van der Waals surface area contributed by atoms with Gasteiger partial charge in [0.1, 0.15) is 5.82 Å². The number of amides is 1. The Bertz CT molecular complexity index is 1080. The van der Waals surface area contributed by atoms with Gasteiger partial charge in [0.2, 0.25) is 0 Å². The van der Waals surface area contributed by atoms with Crippen LogP contribution in [0.15, 0.2) is 36.4 Å². The van der Waals surface area contributed by atoms with Crippen LogP contribution in [-0.2, 0) is 13.1 Å². The van der Waals surface area contributed by atoms with Crippen LogP contribution in [0.3, 0.4) is 0 Å². The summed E-state index contributed by atoms with van der Waals surface area (Å²) in [6.45, 7) is 5.79. The zero-order valence-corrected chi connectivity index (χ0v) is 17.2. The normalized spacial score (nSPS) is 15.7. The summed E-state index contributed by atoms with van der Waals surface area (Å²) in [7, 11) is 0. The van der Waals surface area contributed by atoms with Crippen LogP contribution in [0.25, 0.3) is 11.0 Å². The monoisotopic (exact) mass is 412 g/mol. The van der Waals surface area contributed by atoms with Gasteiger partial charge in [-0.05, 0) is 67.3 Å². The van der Waals surface area contributed by atoms with Crippen molar-refractivity contribution in [3.63, 3.8) is 0 Å². The number of benzene rings is 2. The lowest BCUT2D eigenvalue weighted by Gasteiger charge is -2.30. The molecule has 0 saturated carbocycles. The van der Waals surface area contributed by atoms with Crippen molar-refractivity contribution >= 4 is 29.2 Å². The van der Waals surface area contributed by atoms with E-state index in [1.54, 1.807) is 0 Å². The van der Waals surface area contributed by atoms with Crippen LogP contribution in [0.5, 0.6) is 0 Å². The summed E-state index contributed by atoms with van der Waals surface area (Å²) in [4.78, 5) is 21.0. The molecule has 0 aliphatic carbocycles. The molecule has 2 aromatic carbocycles. The van der Waals surface area contributed by atoms with E-state index in [4.69, 9.17) is 12.2 Å². The molecule has 1 aromatic heterocycles. The number of aromatic amines is 2. The molecule has 3 N–H and O–H groups in total. The van der Waals surface area contributed by atoms with Gasteiger partial charge in [-0.1, -0.05) is 31.2 Å². The number of carbonyl (C=O) groups is 1. The fourth-order valence-electron chi connectivity index (χ4n) is 3.90. The van der Waals surface area contributed by atoms with E-state index in [2.05, 4.69) is 33.2 Å². The number of H-pyrrole nitrogens is 2. The molecule has 7 heteroatoms. The van der Waals surface area contributed by atoms with Gasteiger partial charge in [-0.2, -0.15) is 0 Å². The van der Waals surface area contributed by atoms with Gasteiger partial charge in [0.25, 0.3) is 5.91 Å². The topological polar surface area (TPSA) is 63.9 Å². The van der Waals surface area contributed by atoms with E-state index in [0.29, 0.717) is 22.3 Å². The lowest BCUT2D eigenvalue weighted by Crippen LogP contribution is -2.33. The number of piperidine rings is 1. The molecule has 0 bridgehead atoms. The van der Waals surface area contributed by atoms with Gasteiger partial charge in [0, 0.05) is 13.1 Å². The van der Waals surface area contributed by atoms with Crippen molar-refractivity contribution in [1.82, 2.24) is 20.2 Å². The molecule has 29 heavy (non-hydrogen) atoms. The van der Waals surface area contributed by atoms with Crippen molar-refractivity contribution in [2.24, 2.45) is 5.92 Å². The van der Waals surface area contributed by atoms with Crippen LogP contribution >= 0.6 is 12.2 Å². The molecule has 0 spiro atoms. The van der Waals surface area contributed by atoms with Gasteiger partial charge in [-0.25, -0.2) is 4.39 Å². The minimum Gasteiger partial charge on any atom is -0.348 e. The molecule has 0 unspecified atom stereocenters. The van der Waals surface area contributed by atoms with Crippen molar-refractivity contribution in [2.75, 3.05) is 13.1 Å². The smallest absolute Gasteiger partial charge is 0.253 e. The Morgan fingerprint density at radius 2 is 1.93 bits per heavy atom. The van der Waals surface area contributed by atoms with Crippen LogP contribution < -0.4 is 5.32 Å². The van der Waals surface area contributed by atoms with E-state index >= 15 is 0 Å². The third-order valence-corrected chi connectivity index (χ3v) is 5.87. The number of hydrogen-bond donors (Lipinski definition) is 3. The second-order valence-corrected chi connectivity index (χ2v) is 8.27. The molecule has 1 aliphatic heterocycles. The highest BCUT2D eigenvalue weighted by molar-refractivity contribution is 7.71. The number of aromatic nitrogens is 2. The van der Waals surface area contributed by atoms with Gasteiger partial charge in [-0.15, -0.1) is 0 Å². The lowest BCUT2D eigenvalue weighted by atomic mass is 9.98. The molecule has 5 nitrogen and oxygen atoms in total. The summed E-state index contributed by atoms with van der Waals surface area (Å²) < 4.78 is 14.3. The van der Waals surface area contributed by atoms with Crippen molar-refractivity contribution in [3.8, 4) is 0 Å². The molecule has 1 fully saturated rings. The zero-order chi connectivity index (χ0) is 20.4. The summed E-state index contributed by atoms with van der Waals surface area (Å²) in [5.41, 5.74) is 3.54. The number of carbonyl (C=O) groups excluding carboxylic acids is 1. The molecule has 1 saturated heterocycles. The van der Waals surface area contributed by atoms with Crippen molar-refractivity contribution in [2.45, 2.75) is 32.9 Å². The van der Waals surface area contributed by atoms with Gasteiger partial charge in [-0.3, -0.25) is 9.69 Å². The molecular weight excluding hydrogens is 387 g/mol. The summed E-state index contributed by atoms with van der Waals surface area (Å²) in [5, 5.41) is 2.94. The first-order valence-corrected chi connectivity index (χ1v) is 10.4. The number of imidazole rings is 1. The van der Waals surface area contributed by atoms with E-state index < -0.39 is 5.82 Å². The predicted octanol–water partition coefficient (Wildman–Crippen LogP) is 4.53. The molecule has 0 radical (unpaired) electrons. The highest BCUT2D eigenvalue weighted by Crippen LogP contribution is 2.21. The predicted molar refractivity (Wildman–Crippen MR) is 115 cm³/mol. The first-order chi connectivity index (χ1) is 14.0. The van der Waals surface area contributed by atoms with E-state index in [-0.39, 0.29) is 11.5 Å². The van der Waals surface area contributed by atoms with Gasteiger partial charge >= 0.3 is 0 Å². The van der Waals surface area contributed by atoms with Crippen LogP contribution in [0.2, 0.25) is 0 Å². The minimum absolute atomic E-state index is 0.245. The molecule has 0 atom stereocenters. The van der Waals surface area contributed by atoms with Crippen LogP contribution in [0.1, 0.15) is 41.3 Å². The van der Waals surface area contributed by atoms with Crippen LogP contribution in [0.4, 0.5) is 4.39 Å². The highest BCUT2D eigenvalue weighted by atomic mass is 32.1. The molecule has 1 aliphatic rings. The Hall–Kier alpha value is -2.51. The maximum Gasteiger partial charge on any atom is 0.253 e. The average Bonchev–Trinajstić information content (AvgIpc) is 3.08. The van der Waals surface area contributed by atoms with Crippen molar-refractivity contribution in [3.05, 3.63) is 63.7 Å².